The number of carbonyl (C=O) groups is 1. The fourth-order valence-electron chi connectivity index (χ4n) is 2.19. The van der Waals surface area contributed by atoms with Crippen LogP contribution in [0.1, 0.15) is 66.6 Å². The SMILES string of the molecule is [2H]C(=CC=CC=CC=CC=CC=CCCCCCCCCC)C(=O)OCC. The van der Waals surface area contributed by atoms with Crippen molar-refractivity contribution in [3.8, 4) is 0 Å². The molecule has 0 radical (unpaired) electrons. The highest BCUT2D eigenvalue weighted by Crippen LogP contribution is 2.08. The van der Waals surface area contributed by atoms with Gasteiger partial charge in [0.15, 0.2) is 0 Å². The molecule has 0 aliphatic rings. The highest BCUT2D eigenvalue weighted by Gasteiger charge is 1.89. The van der Waals surface area contributed by atoms with Gasteiger partial charge in [-0.1, -0.05) is 112 Å². The molecule has 0 atom stereocenters. The zero-order valence-corrected chi connectivity index (χ0v) is 16.5. The molecule has 0 heterocycles. The third-order valence-electron chi connectivity index (χ3n) is 3.57. The van der Waals surface area contributed by atoms with Crippen molar-refractivity contribution in [3.05, 3.63) is 72.9 Å². The van der Waals surface area contributed by atoms with Gasteiger partial charge in [-0.05, 0) is 19.8 Å². The van der Waals surface area contributed by atoms with E-state index < -0.39 is 5.97 Å². The lowest BCUT2D eigenvalue weighted by molar-refractivity contribution is -0.137. The molecule has 0 aromatic rings. The number of ether oxygens (including phenoxy) is 1. The maximum absolute atomic E-state index is 11.2. The molecule has 0 saturated carbocycles. The first-order chi connectivity index (χ1) is 13.2. The van der Waals surface area contributed by atoms with E-state index in [4.69, 9.17) is 6.11 Å². The van der Waals surface area contributed by atoms with Crippen molar-refractivity contribution < 1.29 is 10.9 Å². The van der Waals surface area contributed by atoms with Gasteiger partial charge in [0.25, 0.3) is 0 Å². The Morgan fingerprint density at radius 2 is 1.23 bits per heavy atom. The van der Waals surface area contributed by atoms with Crippen LogP contribution in [0.5, 0.6) is 0 Å². The highest BCUT2D eigenvalue weighted by molar-refractivity contribution is 5.82. The van der Waals surface area contributed by atoms with E-state index >= 15 is 0 Å². The van der Waals surface area contributed by atoms with E-state index in [0.29, 0.717) is 0 Å². The van der Waals surface area contributed by atoms with Crippen molar-refractivity contribution in [3.63, 3.8) is 0 Å². The smallest absolute Gasteiger partial charge is 0.330 e. The Hall–Kier alpha value is -2.09. The summed E-state index contributed by atoms with van der Waals surface area (Å²) in [5, 5.41) is 0. The Morgan fingerprint density at radius 3 is 1.81 bits per heavy atom. The minimum atomic E-state index is -0.601. The molecular formula is C24H36O2. The van der Waals surface area contributed by atoms with Crippen molar-refractivity contribution in [1.29, 1.82) is 0 Å². The fourth-order valence-corrected chi connectivity index (χ4v) is 2.19. The van der Waals surface area contributed by atoms with Crippen LogP contribution in [-0.2, 0) is 9.53 Å². The molecule has 0 aromatic carbocycles. The molecule has 26 heavy (non-hydrogen) atoms. The lowest BCUT2D eigenvalue weighted by Gasteiger charge is -1.98. The molecular weight excluding hydrogens is 320 g/mol. The minimum absolute atomic E-state index is 0.150. The molecule has 0 saturated heterocycles. The van der Waals surface area contributed by atoms with Crippen LogP contribution in [0, 0.1) is 0 Å². The second-order valence-electron chi connectivity index (χ2n) is 5.91. The fraction of sp³-hybridized carbons (Fsp3) is 0.458. The van der Waals surface area contributed by atoms with E-state index in [1.54, 1.807) is 19.1 Å². The van der Waals surface area contributed by atoms with Gasteiger partial charge in [0.1, 0.15) is 0 Å². The van der Waals surface area contributed by atoms with E-state index in [1.807, 2.05) is 36.5 Å². The molecule has 0 aliphatic heterocycles. The lowest BCUT2D eigenvalue weighted by Crippen LogP contribution is -1.98. The molecule has 2 nitrogen and oxygen atoms in total. The topological polar surface area (TPSA) is 26.3 Å². The highest BCUT2D eigenvalue weighted by atomic mass is 16.5. The number of allylic oxidation sites excluding steroid dienone is 11. The number of carbonyl (C=O) groups excluding carboxylic acids is 1. The molecule has 0 aliphatic carbocycles. The monoisotopic (exact) mass is 357 g/mol. The van der Waals surface area contributed by atoms with Crippen LogP contribution in [0.2, 0.25) is 0 Å². The summed E-state index contributed by atoms with van der Waals surface area (Å²) < 4.78 is 12.2. The van der Waals surface area contributed by atoms with Gasteiger partial charge in [0, 0.05) is 6.05 Å². The standard InChI is InChI=1S/C24H36O2/c1-3-5-6-7-8-9-10-11-12-13-14-15-16-17-18-19-20-21-22-23-24(25)26-4-2/h12-23H,3-11H2,1-2H3/i23D. The van der Waals surface area contributed by atoms with Gasteiger partial charge in [-0.15, -0.1) is 0 Å². The van der Waals surface area contributed by atoms with E-state index in [2.05, 4.69) is 19.1 Å². The van der Waals surface area contributed by atoms with Crippen LogP contribution >= 0.6 is 0 Å². The van der Waals surface area contributed by atoms with Gasteiger partial charge in [-0.2, -0.15) is 0 Å². The second kappa shape index (κ2) is 21.0. The summed E-state index contributed by atoms with van der Waals surface area (Å²) in [5.74, 6) is -0.601. The van der Waals surface area contributed by atoms with Gasteiger partial charge in [0.2, 0.25) is 0 Å². The van der Waals surface area contributed by atoms with Crippen molar-refractivity contribution in [1.82, 2.24) is 0 Å². The summed E-state index contributed by atoms with van der Waals surface area (Å²) in [7, 11) is 0. The predicted octanol–water partition coefficient (Wildman–Crippen LogP) is 7.03. The number of hydrogen-bond acceptors (Lipinski definition) is 2. The third-order valence-corrected chi connectivity index (χ3v) is 3.57. The molecule has 0 aromatic heterocycles. The molecule has 0 amide bonds. The third kappa shape index (κ3) is 20.0. The van der Waals surface area contributed by atoms with E-state index in [1.165, 1.54) is 51.0 Å². The Kier molecular flexibility index (Phi) is 17.7. The molecule has 2 heteroatoms. The normalized spacial score (nSPS) is 13.8. The first-order valence-corrected chi connectivity index (χ1v) is 9.89. The van der Waals surface area contributed by atoms with Gasteiger partial charge < -0.3 is 4.74 Å². The Labute approximate surface area is 162 Å². The zero-order chi connectivity index (χ0) is 20.0. The van der Waals surface area contributed by atoms with E-state index in [9.17, 15) is 4.79 Å². The van der Waals surface area contributed by atoms with Crippen LogP contribution in [0.15, 0.2) is 72.9 Å². The second-order valence-corrected chi connectivity index (χ2v) is 5.91. The molecule has 0 bridgehead atoms. The van der Waals surface area contributed by atoms with Crippen molar-refractivity contribution in [2.75, 3.05) is 6.61 Å². The average Bonchev–Trinajstić information content (AvgIpc) is 2.67. The average molecular weight is 358 g/mol. The zero-order valence-electron chi connectivity index (χ0n) is 17.5. The summed E-state index contributed by atoms with van der Waals surface area (Å²) in [6.45, 7) is 4.26. The molecule has 144 valence electrons. The summed E-state index contributed by atoms with van der Waals surface area (Å²) in [6, 6.07) is -0.150. The molecule has 0 fully saturated rings. The van der Waals surface area contributed by atoms with Crippen molar-refractivity contribution >= 4 is 5.97 Å². The van der Waals surface area contributed by atoms with Gasteiger partial charge in [-0.25, -0.2) is 4.79 Å². The largest absolute Gasteiger partial charge is 0.463 e. The van der Waals surface area contributed by atoms with Gasteiger partial charge in [-0.3, -0.25) is 0 Å². The summed E-state index contributed by atoms with van der Waals surface area (Å²) in [5.41, 5.74) is 0. The summed E-state index contributed by atoms with van der Waals surface area (Å²) in [4.78, 5) is 11.2. The van der Waals surface area contributed by atoms with Gasteiger partial charge in [0.05, 0.1) is 7.98 Å². The van der Waals surface area contributed by atoms with Crippen LogP contribution in [0.3, 0.4) is 0 Å². The maximum Gasteiger partial charge on any atom is 0.330 e. The minimum Gasteiger partial charge on any atom is -0.463 e. The van der Waals surface area contributed by atoms with Crippen LogP contribution in [0.4, 0.5) is 0 Å². The lowest BCUT2D eigenvalue weighted by atomic mass is 10.1. The maximum atomic E-state index is 11.2. The number of hydrogen-bond donors (Lipinski definition) is 0. The number of esters is 1. The van der Waals surface area contributed by atoms with E-state index in [-0.39, 0.29) is 12.7 Å². The Balaban J connectivity index is 3.77. The molecule has 0 spiro atoms. The molecule has 0 unspecified atom stereocenters. The van der Waals surface area contributed by atoms with Crippen LogP contribution in [-0.4, -0.2) is 12.6 Å². The Bertz CT molecular complexity index is 537. The van der Waals surface area contributed by atoms with Crippen LogP contribution < -0.4 is 0 Å². The van der Waals surface area contributed by atoms with Crippen molar-refractivity contribution in [2.24, 2.45) is 0 Å². The van der Waals surface area contributed by atoms with E-state index in [0.717, 1.165) is 6.42 Å². The first kappa shape index (κ1) is 22.0. The quantitative estimate of drug-likeness (QED) is 0.136. The summed E-state index contributed by atoms with van der Waals surface area (Å²) >= 11 is 0. The Morgan fingerprint density at radius 1 is 0.731 bits per heavy atom. The molecule has 0 rings (SSSR count). The number of rotatable bonds is 15. The summed E-state index contributed by atoms with van der Waals surface area (Å²) in [6.07, 6.45) is 31.4. The van der Waals surface area contributed by atoms with Crippen molar-refractivity contribution in [2.45, 2.75) is 65.2 Å². The number of unbranched alkanes of at least 4 members (excludes halogenated alkanes) is 7. The molecule has 0 N–H and O–H groups in total. The first-order valence-electron chi connectivity index (χ1n) is 10.4. The van der Waals surface area contributed by atoms with Gasteiger partial charge >= 0.3 is 5.97 Å². The predicted molar refractivity (Wildman–Crippen MR) is 114 cm³/mol. The van der Waals surface area contributed by atoms with Crippen LogP contribution in [0.25, 0.3) is 0 Å².